The van der Waals surface area contributed by atoms with E-state index >= 15 is 0 Å². The highest BCUT2D eigenvalue weighted by Gasteiger charge is 2.32. The molecule has 7 N–H and O–H groups in total. The second-order valence-electron chi connectivity index (χ2n) is 12.0. The van der Waals surface area contributed by atoms with Gasteiger partial charge in [-0.1, -0.05) is 39.8 Å². The lowest BCUT2D eigenvalue weighted by Gasteiger charge is -2.30. The minimum absolute atomic E-state index is 0.0537. The van der Waals surface area contributed by atoms with Crippen molar-refractivity contribution in [2.24, 2.45) is 40.6 Å². The molecule has 0 bridgehead atoms. The van der Waals surface area contributed by atoms with Crippen molar-refractivity contribution in [1.29, 1.82) is 0 Å². The third-order valence-electron chi connectivity index (χ3n) is 7.38. The summed E-state index contributed by atoms with van der Waals surface area (Å²) in [5.41, 5.74) is 11.5. The molecule has 40 heavy (non-hydrogen) atoms. The van der Waals surface area contributed by atoms with Gasteiger partial charge in [-0.15, -0.1) is 0 Å². The largest absolute Gasteiger partial charge is 0.491 e. The fourth-order valence-corrected chi connectivity index (χ4v) is 4.26. The third-order valence-corrected chi connectivity index (χ3v) is 7.38. The number of rotatable bonds is 19. The van der Waals surface area contributed by atoms with Crippen molar-refractivity contribution in [2.45, 2.75) is 79.4 Å². The number of ether oxygens (including phenoxy) is 2. The number of aliphatic hydroxyl groups excluding tert-OH is 1. The Morgan fingerprint density at radius 1 is 1.02 bits per heavy atom. The lowest BCUT2D eigenvalue weighted by atomic mass is 9.81. The molecule has 0 aliphatic rings. The maximum Gasteiger partial charge on any atom is 0.224 e. The lowest BCUT2D eigenvalue weighted by Crippen LogP contribution is -2.46. The summed E-state index contributed by atoms with van der Waals surface area (Å²) in [6.07, 6.45) is 0.619. The molecular weight excluding hydrogens is 512 g/mol. The molecule has 1 aromatic rings. The van der Waals surface area contributed by atoms with Crippen LogP contribution >= 0.6 is 0 Å². The Kier molecular flexibility index (Phi) is 15.2. The van der Waals surface area contributed by atoms with Crippen LogP contribution in [0, 0.1) is 29.1 Å². The summed E-state index contributed by atoms with van der Waals surface area (Å²) in [6.45, 7) is 12.4. The van der Waals surface area contributed by atoms with Gasteiger partial charge >= 0.3 is 0 Å². The van der Waals surface area contributed by atoms with Crippen LogP contribution in [0.2, 0.25) is 0 Å². The number of benzene rings is 1. The van der Waals surface area contributed by atoms with Crippen LogP contribution in [-0.2, 0) is 19.1 Å². The first kappa shape index (κ1) is 35.3. The summed E-state index contributed by atoms with van der Waals surface area (Å²) < 4.78 is 10.9. The first-order valence-corrected chi connectivity index (χ1v) is 14.2. The third kappa shape index (κ3) is 12.2. The molecule has 0 saturated carbocycles. The van der Waals surface area contributed by atoms with E-state index in [0.717, 1.165) is 6.42 Å². The van der Waals surface area contributed by atoms with Crippen molar-refractivity contribution in [1.82, 2.24) is 5.32 Å². The Bertz CT molecular complexity index is 937. The van der Waals surface area contributed by atoms with Gasteiger partial charge in [0, 0.05) is 45.1 Å². The normalized spacial score (nSPS) is 14.9. The molecule has 0 aliphatic heterocycles. The molecule has 4 atom stereocenters. The molecule has 3 amide bonds. The standard InChI is InChI=1S/C30H52N4O6/c1-19(2)21(16-27(36)34-24-11-8-9-12-26(24)40-14-10-13-39-7)15-23(31)25(35)17-22(20(3)4)28(37)33-18-30(5,6)29(32)38/h8-9,11-12,19-23,25,35H,10,13-18,31H2,1-7H3,(H2,32,38)(H,33,37)(H,34,36)/t21-,22+,23+,25+/m1/s1. The van der Waals surface area contributed by atoms with Gasteiger partial charge < -0.3 is 36.7 Å². The monoisotopic (exact) mass is 564 g/mol. The first-order chi connectivity index (χ1) is 18.7. The molecule has 1 rings (SSSR count). The number of aliphatic hydroxyl groups is 1. The molecule has 0 saturated heterocycles. The molecule has 10 heteroatoms. The number of primary amides is 1. The average Bonchev–Trinajstić information content (AvgIpc) is 2.88. The number of hydrogen-bond acceptors (Lipinski definition) is 7. The molecule has 0 aromatic heterocycles. The van der Waals surface area contributed by atoms with Gasteiger partial charge in [0.2, 0.25) is 17.7 Å². The summed E-state index contributed by atoms with van der Waals surface area (Å²) in [4.78, 5) is 37.5. The van der Waals surface area contributed by atoms with Crippen molar-refractivity contribution < 1.29 is 29.0 Å². The number of hydrogen-bond donors (Lipinski definition) is 5. The van der Waals surface area contributed by atoms with E-state index in [0.29, 0.717) is 31.1 Å². The highest BCUT2D eigenvalue weighted by atomic mass is 16.5. The second kappa shape index (κ2) is 17.2. The molecule has 0 aliphatic carbocycles. The molecule has 228 valence electrons. The van der Waals surface area contributed by atoms with Crippen molar-refractivity contribution in [3.63, 3.8) is 0 Å². The van der Waals surface area contributed by atoms with Crippen molar-refractivity contribution >= 4 is 23.4 Å². The number of carbonyl (C=O) groups excluding carboxylic acids is 3. The molecule has 0 radical (unpaired) electrons. The number of anilines is 1. The Labute approximate surface area is 239 Å². The summed E-state index contributed by atoms with van der Waals surface area (Å²) in [7, 11) is 1.64. The van der Waals surface area contributed by atoms with Gasteiger partial charge in [-0.05, 0) is 56.6 Å². The van der Waals surface area contributed by atoms with Gasteiger partial charge in [-0.2, -0.15) is 0 Å². The molecule has 1 aromatic carbocycles. The average molecular weight is 565 g/mol. The smallest absolute Gasteiger partial charge is 0.224 e. The second-order valence-corrected chi connectivity index (χ2v) is 12.0. The molecule has 10 nitrogen and oxygen atoms in total. The van der Waals surface area contributed by atoms with Crippen LogP contribution in [0.15, 0.2) is 24.3 Å². The van der Waals surface area contributed by atoms with Crippen molar-refractivity contribution in [2.75, 3.05) is 32.2 Å². The Morgan fingerprint density at radius 2 is 1.68 bits per heavy atom. The van der Waals surface area contributed by atoms with E-state index in [1.165, 1.54) is 0 Å². The zero-order chi connectivity index (χ0) is 30.5. The number of nitrogens with one attached hydrogen (secondary N) is 2. The fraction of sp³-hybridized carbons (Fsp3) is 0.700. The summed E-state index contributed by atoms with van der Waals surface area (Å²) in [6, 6.07) is 6.67. The van der Waals surface area contributed by atoms with Crippen LogP contribution in [0.3, 0.4) is 0 Å². The van der Waals surface area contributed by atoms with Gasteiger partial charge in [0.05, 0.1) is 23.8 Å². The Balaban J connectivity index is 2.77. The Hall–Kier alpha value is -2.69. The molecule has 0 unspecified atom stereocenters. The number of methoxy groups -OCH3 is 1. The van der Waals surface area contributed by atoms with Crippen LogP contribution < -0.4 is 26.8 Å². The minimum atomic E-state index is -0.937. The van der Waals surface area contributed by atoms with Gasteiger partial charge in [-0.3, -0.25) is 14.4 Å². The van der Waals surface area contributed by atoms with Gasteiger partial charge in [-0.25, -0.2) is 0 Å². The maximum absolute atomic E-state index is 13.0. The lowest BCUT2D eigenvalue weighted by molar-refractivity contribution is -0.130. The quantitative estimate of drug-likeness (QED) is 0.161. The van der Waals surface area contributed by atoms with E-state index in [2.05, 4.69) is 10.6 Å². The topological polar surface area (TPSA) is 166 Å². The van der Waals surface area contributed by atoms with Gasteiger partial charge in [0.1, 0.15) is 5.75 Å². The van der Waals surface area contributed by atoms with Gasteiger partial charge in [0.25, 0.3) is 0 Å². The predicted octanol–water partition coefficient (Wildman–Crippen LogP) is 3.07. The highest BCUT2D eigenvalue weighted by Crippen LogP contribution is 2.28. The predicted molar refractivity (Wildman–Crippen MR) is 158 cm³/mol. The zero-order valence-electron chi connectivity index (χ0n) is 25.4. The summed E-state index contributed by atoms with van der Waals surface area (Å²) in [5.74, 6) is -0.807. The Morgan fingerprint density at radius 3 is 2.25 bits per heavy atom. The minimum Gasteiger partial charge on any atom is -0.491 e. The summed E-state index contributed by atoms with van der Waals surface area (Å²) >= 11 is 0. The van der Waals surface area contributed by atoms with Crippen LogP contribution in [0.5, 0.6) is 5.75 Å². The molecular formula is C30H52N4O6. The summed E-state index contributed by atoms with van der Waals surface area (Å²) in [5, 5.41) is 16.7. The van der Waals surface area contributed by atoms with E-state index < -0.39 is 29.4 Å². The zero-order valence-corrected chi connectivity index (χ0v) is 25.4. The van der Waals surface area contributed by atoms with E-state index in [1.54, 1.807) is 27.0 Å². The van der Waals surface area contributed by atoms with E-state index in [9.17, 15) is 19.5 Å². The van der Waals surface area contributed by atoms with Gasteiger partial charge in [0.15, 0.2) is 0 Å². The number of amides is 3. The maximum atomic E-state index is 13.0. The van der Waals surface area contributed by atoms with E-state index in [4.69, 9.17) is 20.9 Å². The van der Waals surface area contributed by atoms with Crippen LogP contribution in [0.25, 0.3) is 0 Å². The first-order valence-electron chi connectivity index (χ1n) is 14.2. The molecule has 0 spiro atoms. The van der Waals surface area contributed by atoms with E-state index in [1.807, 2.05) is 45.9 Å². The molecule has 0 fully saturated rings. The van der Waals surface area contributed by atoms with Crippen LogP contribution in [-0.4, -0.2) is 61.8 Å². The fourth-order valence-electron chi connectivity index (χ4n) is 4.26. The van der Waals surface area contributed by atoms with Crippen molar-refractivity contribution in [3.8, 4) is 5.75 Å². The number of carbonyl (C=O) groups is 3. The van der Waals surface area contributed by atoms with Crippen LogP contribution in [0.4, 0.5) is 5.69 Å². The van der Waals surface area contributed by atoms with Crippen molar-refractivity contribution in [3.05, 3.63) is 24.3 Å². The SMILES string of the molecule is COCCCOc1ccccc1NC(=O)C[C@@H](C[C@H](N)[C@@H](O)C[C@H](C(=O)NCC(C)(C)C(N)=O)C(C)C)C(C)C. The number of nitrogens with two attached hydrogens (primary N) is 2. The number of para-hydroxylation sites is 2. The highest BCUT2D eigenvalue weighted by molar-refractivity contribution is 5.92. The van der Waals surface area contributed by atoms with Crippen LogP contribution in [0.1, 0.15) is 67.2 Å². The van der Waals surface area contributed by atoms with E-state index in [-0.39, 0.29) is 49.0 Å². The molecule has 0 heterocycles.